The molecule has 2 atom stereocenters. The number of Topliss-reactive ketones (excluding diaryl/α,β-unsaturated/α-hetero) is 1. The van der Waals surface area contributed by atoms with Crippen LogP contribution in [0.25, 0.3) is 0 Å². The number of fused-ring (bicyclic) bond motifs is 1. The molecule has 0 bridgehead atoms. The van der Waals surface area contributed by atoms with Gasteiger partial charge in [-0.3, -0.25) is 24.1 Å². The highest BCUT2D eigenvalue weighted by molar-refractivity contribution is 9.09. The van der Waals surface area contributed by atoms with Crippen molar-refractivity contribution in [1.82, 2.24) is 10.2 Å². The van der Waals surface area contributed by atoms with E-state index < -0.39 is 47.4 Å². The molecule has 2 aliphatic rings. The third kappa shape index (κ3) is 5.90. The van der Waals surface area contributed by atoms with E-state index in [9.17, 15) is 24.0 Å². The minimum Gasteiger partial charge on any atom is -0.427 e. The first kappa shape index (κ1) is 26.3. The highest BCUT2D eigenvalue weighted by Gasteiger charge is 2.54. The van der Waals surface area contributed by atoms with Crippen molar-refractivity contribution in [2.24, 2.45) is 5.41 Å². The minimum absolute atomic E-state index is 0.0217. The third-order valence-corrected chi connectivity index (χ3v) is 7.16. The van der Waals surface area contributed by atoms with E-state index in [-0.39, 0.29) is 29.8 Å². The molecule has 0 radical (unpaired) electrons. The number of nitrogens with zero attached hydrogens (tertiary/aromatic N) is 1. The Morgan fingerprint density at radius 1 is 1.25 bits per heavy atom. The number of amides is 2. The molecule has 2 aliphatic heterocycles. The molecule has 1 unspecified atom stereocenters. The minimum atomic E-state index is -0.856. The molecule has 1 fully saturated rings. The van der Waals surface area contributed by atoms with Gasteiger partial charge >= 0.3 is 11.9 Å². The van der Waals surface area contributed by atoms with Crippen molar-refractivity contribution in [3.63, 3.8) is 0 Å². The number of esters is 2. The van der Waals surface area contributed by atoms with Gasteiger partial charge in [0.2, 0.25) is 12.7 Å². The number of thioether (sulfide) groups is 1. The number of carbonyl (C=O) groups excluding carboxylic acids is 5. The smallest absolute Gasteiger partial charge is 0.358 e. The van der Waals surface area contributed by atoms with Crippen LogP contribution in [0, 0.1) is 5.41 Å². The number of alkyl halides is 1. The normalized spacial score (nSPS) is 20.3. The summed E-state index contributed by atoms with van der Waals surface area (Å²) < 4.78 is 15.3. The summed E-state index contributed by atoms with van der Waals surface area (Å²) in [6.45, 7) is 4.80. The Labute approximate surface area is 198 Å². The van der Waals surface area contributed by atoms with Crippen molar-refractivity contribution >= 4 is 57.2 Å². The Hall–Kier alpha value is -1.92. The van der Waals surface area contributed by atoms with E-state index in [1.807, 2.05) is 6.92 Å². The van der Waals surface area contributed by atoms with Gasteiger partial charge in [0, 0.05) is 12.9 Å². The number of carbonyl (C=O) groups is 5. The van der Waals surface area contributed by atoms with Crippen LogP contribution < -0.4 is 5.32 Å². The van der Waals surface area contributed by atoms with E-state index in [0.717, 1.165) is 0 Å². The molecule has 2 heterocycles. The molecule has 0 aromatic carbocycles. The van der Waals surface area contributed by atoms with Gasteiger partial charge < -0.3 is 19.5 Å². The molecule has 0 saturated carbocycles. The number of hydrogen-bond donors (Lipinski definition) is 1. The zero-order valence-corrected chi connectivity index (χ0v) is 20.8. The molecule has 0 aliphatic carbocycles. The van der Waals surface area contributed by atoms with Crippen molar-refractivity contribution in [3.05, 3.63) is 11.3 Å². The van der Waals surface area contributed by atoms with Crippen molar-refractivity contribution in [2.75, 3.05) is 31.6 Å². The fourth-order valence-corrected chi connectivity index (χ4v) is 4.48. The third-order valence-electron chi connectivity index (χ3n) is 5.20. The van der Waals surface area contributed by atoms with Crippen LogP contribution in [0.3, 0.4) is 0 Å². The average Bonchev–Trinajstić information content (AvgIpc) is 2.76. The highest BCUT2D eigenvalue weighted by Crippen LogP contribution is 2.40. The Morgan fingerprint density at radius 3 is 2.53 bits per heavy atom. The first-order valence-electron chi connectivity index (χ1n) is 9.94. The van der Waals surface area contributed by atoms with Crippen molar-refractivity contribution < 1.29 is 38.2 Å². The summed E-state index contributed by atoms with van der Waals surface area (Å²) in [6, 6.07) is -0.856. The zero-order valence-electron chi connectivity index (χ0n) is 18.4. The van der Waals surface area contributed by atoms with Gasteiger partial charge in [0.15, 0.2) is 5.78 Å². The van der Waals surface area contributed by atoms with Crippen molar-refractivity contribution in [3.8, 4) is 0 Å². The number of β-lactam (4-membered cyclic amide) rings is 1. The maximum absolute atomic E-state index is 12.8. The summed E-state index contributed by atoms with van der Waals surface area (Å²) in [6.07, 6.45) is 0.212. The van der Waals surface area contributed by atoms with Crippen LogP contribution in [0.1, 0.15) is 33.6 Å². The van der Waals surface area contributed by atoms with E-state index in [0.29, 0.717) is 17.7 Å². The maximum atomic E-state index is 12.8. The highest BCUT2D eigenvalue weighted by atomic mass is 79.9. The second-order valence-corrected chi connectivity index (χ2v) is 9.57. The fraction of sp³-hybridized carbons (Fsp3) is 0.650. The monoisotopic (exact) mass is 534 g/mol. The van der Waals surface area contributed by atoms with E-state index in [4.69, 9.17) is 14.2 Å². The summed E-state index contributed by atoms with van der Waals surface area (Å²) in [7, 11) is 1.46. The zero-order chi connectivity index (χ0) is 24.1. The average molecular weight is 535 g/mol. The van der Waals surface area contributed by atoms with Gasteiger partial charge in [-0.2, -0.15) is 0 Å². The topological polar surface area (TPSA) is 128 Å². The molecule has 12 heteroatoms. The number of nitrogens with one attached hydrogen (secondary N) is 1. The van der Waals surface area contributed by atoms with E-state index >= 15 is 0 Å². The van der Waals surface area contributed by atoms with Gasteiger partial charge in [-0.05, 0) is 25.8 Å². The van der Waals surface area contributed by atoms with Gasteiger partial charge in [0.1, 0.15) is 17.1 Å². The second kappa shape index (κ2) is 11.3. The number of methoxy groups -OCH3 is 1. The number of hydrogen-bond acceptors (Lipinski definition) is 9. The van der Waals surface area contributed by atoms with E-state index in [1.54, 1.807) is 13.8 Å². The van der Waals surface area contributed by atoms with Crippen LogP contribution in [0.4, 0.5) is 0 Å². The van der Waals surface area contributed by atoms with Crippen molar-refractivity contribution in [2.45, 2.75) is 45.0 Å². The number of ether oxygens (including phenoxy) is 3. The lowest BCUT2D eigenvalue weighted by molar-refractivity contribution is -0.174. The fourth-order valence-electron chi connectivity index (χ4n) is 2.95. The quantitative estimate of drug-likeness (QED) is 0.136. The predicted molar refractivity (Wildman–Crippen MR) is 118 cm³/mol. The van der Waals surface area contributed by atoms with Crippen LogP contribution in [0.5, 0.6) is 0 Å². The maximum Gasteiger partial charge on any atom is 0.358 e. The standard InChI is InChI=1S/C20H27BrN2O8S/c1-5-20(2,3)19(28)31-10-30-18(27)15-11(8-29-4)9-32-17-14(16(26)23(15)17)22-13(25)6-12(24)7-21/h14,17H,5-10H2,1-4H3,(H,22,25)/t14?,17-/m1/s1. The first-order chi connectivity index (χ1) is 15.1. The Bertz CT molecular complexity index is 828. The molecule has 0 spiro atoms. The van der Waals surface area contributed by atoms with Crippen LogP contribution in [0.15, 0.2) is 11.3 Å². The van der Waals surface area contributed by atoms with E-state index in [2.05, 4.69) is 21.2 Å². The SMILES string of the molecule is CCC(C)(C)C(=O)OCOC(=O)C1=C(COC)CS[C@@H]2C(NC(=O)CC(=O)CBr)C(=O)N12. The molecule has 2 rings (SSSR count). The molecule has 1 N–H and O–H groups in total. The van der Waals surface area contributed by atoms with Gasteiger partial charge in [0.05, 0.1) is 23.8 Å². The predicted octanol–water partition coefficient (Wildman–Crippen LogP) is 1.12. The van der Waals surface area contributed by atoms with E-state index in [1.165, 1.54) is 23.8 Å². The molecule has 178 valence electrons. The summed E-state index contributed by atoms with van der Waals surface area (Å²) in [5.41, 5.74) is -0.144. The molecule has 2 amide bonds. The lowest BCUT2D eigenvalue weighted by Gasteiger charge is -2.49. The molecular formula is C20H27BrN2O8S. The summed E-state index contributed by atoms with van der Waals surface area (Å²) in [5, 5.41) is 2.08. The molecule has 0 aromatic heterocycles. The Kier molecular flexibility index (Phi) is 9.28. The van der Waals surface area contributed by atoms with Crippen LogP contribution in [0.2, 0.25) is 0 Å². The lowest BCUT2D eigenvalue weighted by atomic mass is 9.91. The summed E-state index contributed by atoms with van der Waals surface area (Å²) >= 11 is 4.35. The summed E-state index contributed by atoms with van der Waals surface area (Å²) in [4.78, 5) is 62.3. The van der Waals surface area contributed by atoms with Gasteiger partial charge in [-0.25, -0.2) is 4.79 Å². The van der Waals surface area contributed by atoms with Gasteiger partial charge in [0.25, 0.3) is 5.91 Å². The molecule has 32 heavy (non-hydrogen) atoms. The number of rotatable bonds is 11. The largest absolute Gasteiger partial charge is 0.427 e. The van der Waals surface area contributed by atoms with Crippen molar-refractivity contribution in [1.29, 1.82) is 0 Å². The Morgan fingerprint density at radius 2 is 1.94 bits per heavy atom. The van der Waals surface area contributed by atoms with Gasteiger partial charge in [-0.15, -0.1) is 11.8 Å². The molecule has 1 saturated heterocycles. The van der Waals surface area contributed by atoms with Gasteiger partial charge in [-0.1, -0.05) is 22.9 Å². The lowest BCUT2D eigenvalue weighted by Crippen LogP contribution is -2.70. The molecule has 10 nitrogen and oxygen atoms in total. The first-order valence-corrected chi connectivity index (χ1v) is 12.1. The van der Waals surface area contributed by atoms with Crippen LogP contribution in [-0.2, 0) is 38.2 Å². The number of halogens is 1. The second-order valence-electron chi connectivity index (χ2n) is 7.91. The number of ketones is 1. The summed E-state index contributed by atoms with van der Waals surface area (Å²) in [5.74, 6) is -2.31. The Balaban J connectivity index is 2.07. The molecular weight excluding hydrogens is 508 g/mol. The molecule has 0 aromatic rings. The van der Waals surface area contributed by atoms with Crippen LogP contribution in [-0.4, -0.2) is 77.4 Å². The van der Waals surface area contributed by atoms with Crippen LogP contribution >= 0.6 is 27.7 Å².